The summed E-state index contributed by atoms with van der Waals surface area (Å²) in [6.07, 6.45) is 3.86. The Balaban J connectivity index is 2.49. The number of benzene rings is 1. The summed E-state index contributed by atoms with van der Waals surface area (Å²) in [7, 11) is -3.92. The van der Waals surface area contributed by atoms with Gasteiger partial charge in [0.1, 0.15) is 0 Å². The minimum atomic E-state index is -3.92. The second-order valence-corrected chi connectivity index (χ2v) is 7.69. The summed E-state index contributed by atoms with van der Waals surface area (Å²) in [5.41, 5.74) is 9.23. The van der Waals surface area contributed by atoms with E-state index < -0.39 is 10.0 Å². The molecule has 0 spiro atoms. The predicted octanol–water partition coefficient (Wildman–Crippen LogP) is -0.125. The predicted molar refractivity (Wildman–Crippen MR) is 92.9 cm³/mol. The van der Waals surface area contributed by atoms with E-state index in [2.05, 4.69) is 14.9 Å². The highest BCUT2D eigenvalue weighted by Crippen LogP contribution is 2.34. The third-order valence-electron chi connectivity index (χ3n) is 3.96. The zero-order valence-electron chi connectivity index (χ0n) is 12.9. The highest BCUT2D eigenvalue weighted by atomic mass is 32.2. The van der Waals surface area contributed by atoms with E-state index in [0.717, 1.165) is 31.5 Å². The molecule has 128 valence electrons. The molecule has 0 bridgehead atoms. The molecule has 0 amide bonds. The van der Waals surface area contributed by atoms with Crippen molar-refractivity contribution >= 4 is 27.8 Å². The maximum Gasteiger partial charge on any atom is 0.238 e. The fraction of sp³-hybridized carbons (Fsp3) is 0.462. The molecule has 0 atom stereocenters. The lowest BCUT2D eigenvalue weighted by atomic mass is 9.87. The van der Waals surface area contributed by atoms with Crippen LogP contribution in [0.15, 0.2) is 28.2 Å². The summed E-state index contributed by atoms with van der Waals surface area (Å²) in [6.45, 7) is 1.86. The molecular weight excluding hydrogens is 336 g/mol. The van der Waals surface area contributed by atoms with Gasteiger partial charge in [0.25, 0.3) is 0 Å². The van der Waals surface area contributed by atoms with Gasteiger partial charge in [-0.1, -0.05) is 24.1 Å². The molecule has 1 aromatic carbocycles. The highest BCUT2D eigenvalue weighted by Gasteiger charge is 2.27. The number of sulfonamides is 1. The van der Waals surface area contributed by atoms with Crippen LogP contribution in [0.2, 0.25) is 0 Å². The average molecular weight is 358 g/mol. The Hall–Kier alpha value is -1.33. The van der Waals surface area contributed by atoms with Crippen LogP contribution >= 0.6 is 11.9 Å². The van der Waals surface area contributed by atoms with Crippen molar-refractivity contribution < 1.29 is 8.42 Å². The zero-order chi connectivity index (χ0) is 17.0. The standard InChI is InChI=1S/C13H22N6O2S2/c1-22-19-7-5-9(6-8-19)10-3-2-4-11(23(16,20)21)12(10)13(14)17-18-15/h2-4,9,18H,5-8,15H2,1H3,(H2,14,17)(H2,16,20,21). The number of hydrogen-bond acceptors (Lipinski definition) is 7. The van der Waals surface area contributed by atoms with Crippen molar-refractivity contribution in [1.29, 1.82) is 0 Å². The Bertz CT molecular complexity index is 684. The smallest absolute Gasteiger partial charge is 0.238 e. The topological polar surface area (TPSA) is 140 Å². The normalized spacial score (nSPS) is 18.1. The van der Waals surface area contributed by atoms with Gasteiger partial charge in [-0.05, 0) is 36.6 Å². The number of piperidine rings is 1. The van der Waals surface area contributed by atoms with Gasteiger partial charge in [0.15, 0.2) is 5.84 Å². The first-order valence-electron chi connectivity index (χ1n) is 7.12. The maximum atomic E-state index is 11.9. The van der Waals surface area contributed by atoms with Gasteiger partial charge in [-0.3, -0.25) is 4.31 Å². The Labute approximate surface area is 140 Å². The van der Waals surface area contributed by atoms with Crippen molar-refractivity contribution in [3.63, 3.8) is 0 Å². The molecule has 0 saturated carbocycles. The molecule has 1 aliphatic heterocycles. The molecule has 1 aromatic rings. The number of nitrogens with two attached hydrogens (primary N) is 3. The van der Waals surface area contributed by atoms with Gasteiger partial charge in [0.05, 0.1) is 4.90 Å². The van der Waals surface area contributed by atoms with E-state index in [4.69, 9.17) is 16.7 Å². The molecule has 0 radical (unpaired) electrons. The fourth-order valence-corrected chi connectivity index (χ4v) is 4.23. The van der Waals surface area contributed by atoms with Crippen molar-refractivity contribution in [2.24, 2.45) is 21.8 Å². The molecule has 8 nitrogen and oxygen atoms in total. The summed E-state index contributed by atoms with van der Waals surface area (Å²) in [4.78, 5) is -0.0289. The van der Waals surface area contributed by atoms with Crippen LogP contribution in [0.1, 0.15) is 29.9 Å². The lowest BCUT2D eigenvalue weighted by molar-refractivity contribution is 0.346. The summed E-state index contributed by atoms with van der Waals surface area (Å²) < 4.78 is 26.1. The summed E-state index contributed by atoms with van der Waals surface area (Å²) in [5, 5.41) is 9.08. The molecule has 10 heteroatoms. The van der Waals surface area contributed by atoms with Gasteiger partial charge < -0.3 is 5.73 Å². The van der Waals surface area contributed by atoms with Gasteiger partial charge in [0.2, 0.25) is 10.0 Å². The van der Waals surface area contributed by atoms with Crippen molar-refractivity contribution in [2.45, 2.75) is 23.7 Å². The number of hydrogen-bond donors (Lipinski definition) is 4. The van der Waals surface area contributed by atoms with Gasteiger partial charge in [-0.2, -0.15) is 0 Å². The molecule has 1 heterocycles. The van der Waals surface area contributed by atoms with Crippen LogP contribution < -0.4 is 22.3 Å². The first-order chi connectivity index (χ1) is 10.9. The van der Waals surface area contributed by atoms with Crippen LogP contribution in [0.3, 0.4) is 0 Å². The second kappa shape index (κ2) is 7.49. The van der Waals surface area contributed by atoms with Crippen LogP contribution in [0.4, 0.5) is 0 Å². The summed E-state index contributed by atoms with van der Waals surface area (Å²) in [5.74, 6) is 5.39. The van der Waals surface area contributed by atoms with Gasteiger partial charge >= 0.3 is 0 Å². The van der Waals surface area contributed by atoms with Crippen molar-refractivity contribution in [3.8, 4) is 0 Å². The second-order valence-electron chi connectivity index (χ2n) is 5.28. The van der Waals surface area contributed by atoms with Crippen molar-refractivity contribution in [3.05, 3.63) is 29.3 Å². The zero-order valence-corrected chi connectivity index (χ0v) is 14.5. The SMILES string of the molecule is CSN1CCC(c2cccc(S(N)(=O)=O)c2/C(N)=N/NN)CC1. The molecule has 0 unspecified atom stereocenters. The molecule has 1 aliphatic rings. The fourth-order valence-electron chi connectivity index (χ4n) is 2.87. The number of hydrazine groups is 1. The third kappa shape index (κ3) is 4.15. The Kier molecular flexibility index (Phi) is 5.87. The van der Waals surface area contributed by atoms with Crippen LogP contribution in [-0.2, 0) is 10.0 Å². The minimum absolute atomic E-state index is 0.0134. The molecule has 0 aromatic heterocycles. The first kappa shape index (κ1) is 18.0. The minimum Gasteiger partial charge on any atom is -0.382 e. The Morgan fingerprint density at radius 1 is 1.39 bits per heavy atom. The summed E-state index contributed by atoms with van der Waals surface area (Å²) >= 11 is 1.71. The maximum absolute atomic E-state index is 11.9. The average Bonchev–Trinajstić information content (AvgIpc) is 2.53. The van der Waals surface area contributed by atoms with E-state index in [1.165, 1.54) is 6.07 Å². The number of nitrogens with one attached hydrogen (secondary N) is 1. The van der Waals surface area contributed by atoms with E-state index in [-0.39, 0.29) is 16.6 Å². The van der Waals surface area contributed by atoms with E-state index in [0.29, 0.717) is 5.56 Å². The Morgan fingerprint density at radius 2 is 2.04 bits per heavy atom. The van der Waals surface area contributed by atoms with Crippen LogP contribution in [0.5, 0.6) is 0 Å². The van der Waals surface area contributed by atoms with Crippen LogP contribution in [-0.4, -0.2) is 37.9 Å². The molecule has 0 aliphatic carbocycles. The van der Waals surface area contributed by atoms with Crippen molar-refractivity contribution in [1.82, 2.24) is 9.84 Å². The molecule has 23 heavy (non-hydrogen) atoms. The molecular formula is C13H22N6O2S2. The van der Waals surface area contributed by atoms with E-state index in [1.54, 1.807) is 18.0 Å². The van der Waals surface area contributed by atoms with Gasteiger partial charge in [-0.15, -0.1) is 5.10 Å². The van der Waals surface area contributed by atoms with E-state index >= 15 is 0 Å². The number of hydrazone groups is 1. The van der Waals surface area contributed by atoms with Crippen LogP contribution in [0.25, 0.3) is 0 Å². The first-order valence-corrected chi connectivity index (χ1v) is 9.85. The van der Waals surface area contributed by atoms with E-state index in [9.17, 15) is 8.42 Å². The van der Waals surface area contributed by atoms with Crippen molar-refractivity contribution in [2.75, 3.05) is 19.3 Å². The van der Waals surface area contributed by atoms with Crippen LogP contribution in [0, 0.1) is 0 Å². The quantitative estimate of drug-likeness (QED) is 0.189. The molecule has 7 N–H and O–H groups in total. The third-order valence-corrected chi connectivity index (χ3v) is 5.79. The largest absolute Gasteiger partial charge is 0.382 e. The number of amidine groups is 1. The lowest BCUT2D eigenvalue weighted by Gasteiger charge is -2.31. The number of primary sulfonamides is 1. The highest BCUT2D eigenvalue weighted by molar-refractivity contribution is 7.96. The van der Waals surface area contributed by atoms with Gasteiger partial charge in [0, 0.05) is 18.7 Å². The molecule has 1 fully saturated rings. The van der Waals surface area contributed by atoms with E-state index in [1.807, 2.05) is 12.3 Å². The molecule has 2 rings (SSSR count). The van der Waals surface area contributed by atoms with Gasteiger partial charge in [-0.25, -0.2) is 24.9 Å². The lowest BCUT2D eigenvalue weighted by Crippen LogP contribution is -2.31. The number of rotatable bonds is 5. The number of nitrogens with zero attached hydrogens (tertiary/aromatic N) is 2. The molecule has 1 saturated heterocycles. The summed E-state index contributed by atoms with van der Waals surface area (Å²) in [6, 6.07) is 5.00. The monoisotopic (exact) mass is 358 g/mol. The Morgan fingerprint density at radius 3 is 2.57 bits per heavy atom.